The second kappa shape index (κ2) is 18.9. The number of carbonyl (C=O) groups is 6. The third-order valence-corrected chi connectivity index (χ3v) is 9.88. The molecule has 14 heteroatoms. The van der Waals surface area contributed by atoms with Crippen LogP contribution in [-0.2, 0) is 24.0 Å². The number of benzene rings is 1. The highest BCUT2D eigenvalue weighted by Gasteiger charge is 2.45. The van der Waals surface area contributed by atoms with Gasteiger partial charge in [0, 0.05) is 31.3 Å². The molecule has 1 aromatic heterocycles. The molecule has 1 saturated carbocycles. The van der Waals surface area contributed by atoms with Gasteiger partial charge in [0.2, 0.25) is 23.5 Å². The first-order chi connectivity index (χ1) is 24.8. The number of aliphatic hydroxyl groups is 1. The number of hydrogen-bond donors (Lipinski definition) is 6. The smallest absolute Gasteiger partial charge is 0.290 e. The Morgan fingerprint density at radius 1 is 0.943 bits per heavy atom. The van der Waals surface area contributed by atoms with Crippen molar-refractivity contribution in [2.45, 2.75) is 117 Å². The van der Waals surface area contributed by atoms with Crippen LogP contribution in [0.4, 0.5) is 0 Å². The molecule has 290 valence electrons. The molecule has 1 aromatic carbocycles. The fraction of sp³-hybridized carbons (Fsp3) is 0.590. The Balaban J connectivity index is 1.65. The molecule has 0 radical (unpaired) electrons. The van der Waals surface area contributed by atoms with Crippen molar-refractivity contribution < 1.29 is 33.9 Å². The summed E-state index contributed by atoms with van der Waals surface area (Å²) in [6, 6.07) is 5.86. The lowest BCUT2D eigenvalue weighted by atomic mass is 9.83. The van der Waals surface area contributed by atoms with Crippen molar-refractivity contribution in [1.82, 2.24) is 36.6 Å². The highest BCUT2D eigenvalue weighted by molar-refractivity contribution is 6.38. The van der Waals surface area contributed by atoms with Crippen LogP contribution in [0, 0.1) is 23.2 Å². The van der Waals surface area contributed by atoms with Crippen LogP contribution in [0.5, 0.6) is 0 Å². The van der Waals surface area contributed by atoms with Crippen molar-refractivity contribution in [3.8, 4) is 0 Å². The lowest BCUT2D eigenvalue weighted by Gasteiger charge is -2.34. The predicted molar refractivity (Wildman–Crippen MR) is 199 cm³/mol. The Kier molecular flexibility index (Phi) is 15.2. The number of aromatic nitrogens is 2. The van der Waals surface area contributed by atoms with Gasteiger partial charge in [0.25, 0.3) is 11.8 Å². The van der Waals surface area contributed by atoms with Crippen LogP contribution in [0.2, 0.25) is 0 Å². The van der Waals surface area contributed by atoms with Crippen LogP contribution in [0.1, 0.15) is 110 Å². The first kappa shape index (κ1) is 42.7. The number of nitrogens with zero attached hydrogens (tertiary/aromatic N) is 2. The summed E-state index contributed by atoms with van der Waals surface area (Å²) in [6.45, 7) is 14.3. The van der Waals surface area contributed by atoms with E-state index >= 15 is 0 Å². The lowest BCUT2D eigenvalue weighted by molar-refractivity contribution is -0.140. The van der Waals surface area contributed by atoms with Gasteiger partial charge in [0.15, 0.2) is 0 Å². The third-order valence-electron chi connectivity index (χ3n) is 9.88. The molecule has 5 amide bonds. The van der Waals surface area contributed by atoms with Crippen LogP contribution >= 0.6 is 0 Å². The van der Waals surface area contributed by atoms with Crippen LogP contribution in [-0.4, -0.2) is 80.7 Å². The van der Waals surface area contributed by atoms with Gasteiger partial charge >= 0.3 is 0 Å². The van der Waals surface area contributed by atoms with E-state index in [0.717, 1.165) is 5.56 Å². The van der Waals surface area contributed by atoms with Crippen molar-refractivity contribution in [3.05, 3.63) is 60.2 Å². The SMILES string of the molecule is CCCC(NC(=O)C[C@H]1CC[C@@](C)(O)[C@H]1CNC(=O)[C@@H](NC(=O)[C@H](NC(=O)c1cnccn1)C(C)C)C(C)(C)C)C(=O)C(=O)N[C@@H](C)c1ccccc1. The molecule has 1 unspecified atom stereocenters. The number of rotatable bonds is 17. The maximum absolute atomic E-state index is 13.7. The summed E-state index contributed by atoms with van der Waals surface area (Å²) < 4.78 is 0. The fourth-order valence-corrected chi connectivity index (χ4v) is 6.69. The first-order valence-corrected chi connectivity index (χ1v) is 18.4. The van der Waals surface area contributed by atoms with E-state index in [1.54, 1.807) is 48.5 Å². The molecule has 1 aliphatic carbocycles. The van der Waals surface area contributed by atoms with E-state index in [9.17, 15) is 33.9 Å². The summed E-state index contributed by atoms with van der Waals surface area (Å²) in [5.41, 5.74) is -1.04. The second-order valence-electron chi connectivity index (χ2n) is 15.7. The number of ketones is 1. The van der Waals surface area contributed by atoms with Gasteiger partial charge in [-0.2, -0.15) is 0 Å². The van der Waals surface area contributed by atoms with Crippen molar-refractivity contribution in [3.63, 3.8) is 0 Å². The van der Waals surface area contributed by atoms with E-state index in [-0.39, 0.29) is 36.9 Å². The molecule has 1 fully saturated rings. The Bertz CT molecular complexity index is 1580. The third kappa shape index (κ3) is 12.2. The Morgan fingerprint density at radius 2 is 1.62 bits per heavy atom. The lowest BCUT2D eigenvalue weighted by Crippen LogP contribution is -2.59. The topological polar surface area (TPSA) is 209 Å². The maximum Gasteiger partial charge on any atom is 0.290 e. The van der Waals surface area contributed by atoms with Crippen LogP contribution in [0.25, 0.3) is 0 Å². The Morgan fingerprint density at radius 3 is 2.21 bits per heavy atom. The normalized spacial score (nSPS) is 20.7. The molecule has 0 saturated heterocycles. The summed E-state index contributed by atoms with van der Waals surface area (Å²) in [6.07, 6.45) is 5.81. The molecule has 0 bridgehead atoms. The summed E-state index contributed by atoms with van der Waals surface area (Å²) in [4.78, 5) is 87.3. The molecule has 7 atom stereocenters. The molecule has 2 aromatic rings. The zero-order valence-corrected chi connectivity index (χ0v) is 32.2. The van der Waals surface area contributed by atoms with Crippen molar-refractivity contribution >= 4 is 35.3 Å². The van der Waals surface area contributed by atoms with Gasteiger partial charge in [-0.05, 0) is 55.9 Å². The van der Waals surface area contributed by atoms with Crippen LogP contribution in [0.3, 0.4) is 0 Å². The molecule has 0 aliphatic heterocycles. The molecule has 3 rings (SSSR count). The van der Waals surface area contributed by atoms with E-state index in [4.69, 9.17) is 0 Å². The Labute approximate surface area is 312 Å². The molecular weight excluding hydrogens is 678 g/mol. The Hall–Kier alpha value is -4.72. The van der Waals surface area contributed by atoms with Crippen molar-refractivity contribution in [2.75, 3.05) is 6.54 Å². The summed E-state index contributed by atoms with van der Waals surface area (Å²) in [5, 5.41) is 25.2. The quantitative estimate of drug-likeness (QED) is 0.132. The summed E-state index contributed by atoms with van der Waals surface area (Å²) in [7, 11) is 0. The van der Waals surface area contributed by atoms with Gasteiger partial charge in [0.05, 0.1) is 23.9 Å². The predicted octanol–water partition coefficient (Wildman–Crippen LogP) is 2.78. The number of nitrogens with one attached hydrogen (secondary N) is 5. The molecule has 1 heterocycles. The number of amides is 5. The van der Waals surface area contributed by atoms with E-state index < -0.39 is 76.4 Å². The second-order valence-corrected chi connectivity index (χ2v) is 15.7. The fourth-order valence-electron chi connectivity index (χ4n) is 6.69. The maximum atomic E-state index is 13.7. The van der Waals surface area contributed by atoms with E-state index in [1.165, 1.54) is 18.6 Å². The van der Waals surface area contributed by atoms with Gasteiger partial charge < -0.3 is 31.7 Å². The first-order valence-electron chi connectivity index (χ1n) is 18.4. The van der Waals surface area contributed by atoms with Crippen LogP contribution in [0.15, 0.2) is 48.9 Å². The minimum atomic E-state index is -1.20. The highest BCUT2D eigenvalue weighted by Crippen LogP contribution is 2.41. The van der Waals surface area contributed by atoms with Gasteiger partial charge in [-0.15, -0.1) is 0 Å². The van der Waals surface area contributed by atoms with Crippen molar-refractivity contribution in [2.24, 2.45) is 23.2 Å². The molecule has 53 heavy (non-hydrogen) atoms. The van der Waals surface area contributed by atoms with E-state index in [2.05, 4.69) is 36.6 Å². The molecular formula is C39H57N7O7. The van der Waals surface area contributed by atoms with Gasteiger partial charge in [-0.1, -0.05) is 78.3 Å². The number of Topliss-reactive ketones (excluding diaryl/α,β-unsaturated/α-hetero) is 1. The highest BCUT2D eigenvalue weighted by atomic mass is 16.3. The number of hydrogen-bond acceptors (Lipinski definition) is 9. The minimum absolute atomic E-state index is 0.0206. The molecule has 6 N–H and O–H groups in total. The van der Waals surface area contributed by atoms with Crippen molar-refractivity contribution in [1.29, 1.82) is 0 Å². The average Bonchev–Trinajstić information content (AvgIpc) is 3.39. The van der Waals surface area contributed by atoms with Gasteiger partial charge in [-0.25, -0.2) is 4.98 Å². The van der Waals surface area contributed by atoms with Crippen LogP contribution < -0.4 is 26.6 Å². The number of carbonyl (C=O) groups excluding carboxylic acids is 6. The molecule has 0 spiro atoms. The zero-order valence-electron chi connectivity index (χ0n) is 32.2. The molecule has 14 nitrogen and oxygen atoms in total. The minimum Gasteiger partial charge on any atom is -0.390 e. The molecule has 1 aliphatic rings. The van der Waals surface area contributed by atoms with Gasteiger partial charge in [0.1, 0.15) is 17.8 Å². The average molecular weight is 736 g/mol. The van der Waals surface area contributed by atoms with E-state index in [1.807, 2.05) is 37.3 Å². The largest absolute Gasteiger partial charge is 0.390 e. The summed E-state index contributed by atoms with van der Waals surface area (Å²) in [5.74, 6) is -4.71. The summed E-state index contributed by atoms with van der Waals surface area (Å²) >= 11 is 0. The van der Waals surface area contributed by atoms with E-state index in [0.29, 0.717) is 19.3 Å². The van der Waals surface area contributed by atoms with Gasteiger partial charge in [-0.3, -0.25) is 33.8 Å². The zero-order chi connectivity index (χ0) is 39.5. The standard InChI is InChI=1S/C39H57N7O7/c1-9-13-28(32(48)36(51)43-24(4)25-14-11-10-12-15-25)44-30(47)20-26-16-17-39(8,53)27(26)21-42-37(52)33(38(5,6)7)46-35(50)31(23(2)3)45-34(49)29-22-40-18-19-41-29/h10-12,14-15,18-19,22-24,26-28,31,33,53H,9,13,16-17,20-21H2,1-8H3,(H,42,52)(H,43,51)(H,44,47)(H,45,49)(H,46,50)/t24-,26+,27-,28?,31+,33+,39+/m0/s1. The monoisotopic (exact) mass is 735 g/mol.